The van der Waals surface area contributed by atoms with Gasteiger partial charge in [-0.1, -0.05) is 12.1 Å². The maximum atomic E-state index is 12.2. The molecule has 1 aromatic carbocycles. The van der Waals surface area contributed by atoms with E-state index in [0.29, 0.717) is 11.5 Å². The van der Waals surface area contributed by atoms with E-state index in [1.54, 1.807) is 12.4 Å². The third-order valence-electron chi connectivity index (χ3n) is 2.96. The molecule has 0 bridgehead atoms. The topological polar surface area (TPSA) is 106 Å². The largest absolute Gasteiger partial charge is 0.320 e. The molecule has 3 aromatic rings. The molecule has 0 aliphatic carbocycles. The molecule has 7 heteroatoms. The van der Waals surface area contributed by atoms with Crippen LogP contribution in [0.2, 0.25) is 0 Å². The van der Waals surface area contributed by atoms with Gasteiger partial charge in [-0.15, -0.1) is 0 Å². The summed E-state index contributed by atoms with van der Waals surface area (Å²) in [7, 11) is 0. The molecule has 4 N–H and O–H groups in total. The van der Waals surface area contributed by atoms with Gasteiger partial charge in [0, 0.05) is 28.9 Å². The lowest BCUT2D eigenvalue weighted by atomic mass is 10.1. The van der Waals surface area contributed by atoms with Crippen molar-refractivity contribution >= 4 is 28.2 Å². The van der Waals surface area contributed by atoms with Crippen LogP contribution in [-0.4, -0.2) is 20.9 Å². The van der Waals surface area contributed by atoms with E-state index in [4.69, 9.17) is 5.84 Å². The number of amides is 1. The second kappa shape index (κ2) is 5.51. The number of nitrogen functional groups attached to an aromatic ring is 1. The van der Waals surface area contributed by atoms with E-state index in [2.05, 4.69) is 25.7 Å². The minimum absolute atomic E-state index is 0.208. The van der Waals surface area contributed by atoms with Crippen molar-refractivity contribution in [1.82, 2.24) is 15.0 Å². The Morgan fingerprint density at radius 1 is 1.10 bits per heavy atom. The number of nitrogens with one attached hydrogen (secondary N) is 2. The number of nitrogens with zero attached hydrogens (tertiary/aromatic N) is 3. The Morgan fingerprint density at radius 2 is 2.00 bits per heavy atom. The summed E-state index contributed by atoms with van der Waals surface area (Å²) in [5, 5.41) is 4.68. The van der Waals surface area contributed by atoms with E-state index < -0.39 is 0 Å². The third-order valence-corrected chi connectivity index (χ3v) is 2.96. The molecule has 3 rings (SSSR count). The first-order valence-electron chi connectivity index (χ1n) is 6.20. The van der Waals surface area contributed by atoms with Crippen LogP contribution in [0.25, 0.3) is 10.8 Å². The second-order valence-corrected chi connectivity index (χ2v) is 4.29. The summed E-state index contributed by atoms with van der Waals surface area (Å²) < 4.78 is 0. The van der Waals surface area contributed by atoms with Crippen LogP contribution in [0.3, 0.4) is 0 Å². The smallest absolute Gasteiger partial charge is 0.275 e. The fourth-order valence-electron chi connectivity index (χ4n) is 1.94. The van der Waals surface area contributed by atoms with Crippen LogP contribution in [0.1, 0.15) is 10.5 Å². The second-order valence-electron chi connectivity index (χ2n) is 4.29. The minimum Gasteiger partial charge on any atom is -0.320 e. The zero-order chi connectivity index (χ0) is 14.7. The Bertz CT molecular complexity index is 782. The monoisotopic (exact) mass is 280 g/mol. The zero-order valence-corrected chi connectivity index (χ0v) is 10.9. The van der Waals surface area contributed by atoms with Gasteiger partial charge in [0.25, 0.3) is 5.91 Å². The number of carbonyl (C=O) groups excluding carboxylic acids is 1. The number of hydrazine groups is 1. The van der Waals surface area contributed by atoms with Crippen molar-refractivity contribution in [2.75, 3.05) is 10.7 Å². The van der Waals surface area contributed by atoms with E-state index in [1.807, 2.05) is 24.3 Å². The molecule has 0 saturated carbocycles. The summed E-state index contributed by atoms with van der Waals surface area (Å²) in [6.07, 6.45) is 6.17. The van der Waals surface area contributed by atoms with E-state index >= 15 is 0 Å². The SMILES string of the molecule is NNc1cnc(C(=O)Nc2cccc3cnccc23)cn1. The van der Waals surface area contributed by atoms with Gasteiger partial charge in [-0.25, -0.2) is 15.8 Å². The molecule has 0 unspecified atom stereocenters. The number of hydrogen-bond acceptors (Lipinski definition) is 6. The lowest BCUT2D eigenvalue weighted by molar-refractivity contribution is 0.102. The Labute approximate surface area is 120 Å². The molecule has 1 amide bonds. The maximum Gasteiger partial charge on any atom is 0.275 e. The first-order chi connectivity index (χ1) is 10.3. The van der Waals surface area contributed by atoms with Crippen LogP contribution < -0.4 is 16.6 Å². The Morgan fingerprint density at radius 3 is 2.76 bits per heavy atom. The van der Waals surface area contributed by atoms with Gasteiger partial charge in [-0.3, -0.25) is 9.78 Å². The molecule has 2 heterocycles. The summed E-state index contributed by atoms with van der Waals surface area (Å²) in [5.41, 5.74) is 3.26. The van der Waals surface area contributed by atoms with Crippen molar-refractivity contribution < 1.29 is 4.79 Å². The van der Waals surface area contributed by atoms with Crippen LogP contribution in [0, 0.1) is 0 Å². The van der Waals surface area contributed by atoms with Gasteiger partial charge in [-0.2, -0.15) is 0 Å². The minimum atomic E-state index is -0.338. The highest BCUT2D eigenvalue weighted by atomic mass is 16.1. The number of aromatic nitrogens is 3. The average Bonchev–Trinajstić information content (AvgIpc) is 2.55. The van der Waals surface area contributed by atoms with Gasteiger partial charge in [0.2, 0.25) is 0 Å². The highest BCUT2D eigenvalue weighted by Crippen LogP contribution is 2.22. The standard InChI is InChI=1S/C14H12N6O/c15-20-13-8-17-12(7-18-13)14(21)19-11-3-1-2-9-6-16-5-4-10(9)11/h1-8H,15H2,(H,18,20)(H,19,21). The van der Waals surface area contributed by atoms with Crippen molar-refractivity contribution in [3.63, 3.8) is 0 Å². The number of pyridine rings is 1. The predicted octanol–water partition coefficient (Wildman–Crippen LogP) is 1.56. The molecule has 2 aromatic heterocycles. The maximum absolute atomic E-state index is 12.2. The summed E-state index contributed by atoms with van der Waals surface area (Å²) in [5.74, 6) is 5.26. The molecule has 0 atom stereocenters. The summed E-state index contributed by atoms with van der Waals surface area (Å²) >= 11 is 0. The fourth-order valence-corrected chi connectivity index (χ4v) is 1.94. The third kappa shape index (κ3) is 2.63. The molecule has 0 aliphatic heterocycles. The molecule has 0 saturated heterocycles. The highest BCUT2D eigenvalue weighted by Gasteiger charge is 2.10. The Hall–Kier alpha value is -3.06. The lowest BCUT2D eigenvalue weighted by Crippen LogP contribution is -2.15. The van der Waals surface area contributed by atoms with Crippen LogP contribution in [-0.2, 0) is 0 Å². The van der Waals surface area contributed by atoms with Crippen molar-refractivity contribution in [2.45, 2.75) is 0 Å². The molecule has 0 spiro atoms. The summed E-state index contributed by atoms with van der Waals surface area (Å²) in [6, 6.07) is 7.45. The number of benzene rings is 1. The van der Waals surface area contributed by atoms with Crippen LogP contribution in [0.4, 0.5) is 11.5 Å². The molecular formula is C14H12N6O. The lowest BCUT2D eigenvalue weighted by Gasteiger charge is -2.08. The van der Waals surface area contributed by atoms with Crippen molar-refractivity contribution in [1.29, 1.82) is 0 Å². The molecule has 0 fully saturated rings. The Balaban J connectivity index is 1.89. The molecular weight excluding hydrogens is 268 g/mol. The highest BCUT2D eigenvalue weighted by molar-refractivity contribution is 6.07. The van der Waals surface area contributed by atoms with E-state index in [0.717, 1.165) is 10.8 Å². The van der Waals surface area contributed by atoms with Gasteiger partial charge in [0.1, 0.15) is 5.69 Å². The zero-order valence-electron chi connectivity index (χ0n) is 10.9. The van der Waals surface area contributed by atoms with Gasteiger partial charge < -0.3 is 10.7 Å². The van der Waals surface area contributed by atoms with E-state index in [-0.39, 0.29) is 11.6 Å². The van der Waals surface area contributed by atoms with Gasteiger partial charge >= 0.3 is 0 Å². The number of fused-ring (bicyclic) bond motifs is 1. The van der Waals surface area contributed by atoms with Crippen LogP contribution in [0.15, 0.2) is 49.1 Å². The van der Waals surface area contributed by atoms with Crippen LogP contribution in [0.5, 0.6) is 0 Å². The van der Waals surface area contributed by atoms with E-state index in [1.165, 1.54) is 12.4 Å². The molecule has 0 aliphatic rings. The van der Waals surface area contributed by atoms with Crippen molar-refractivity contribution in [3.05, 3.63) is 54.7 Å². The molecule has 7 nitrogen and oxygen atoms in total. The van der Waals surface area contributed by atoms with Crippen molar-refractivity contribution in [2.24, 2.45) is 5.84 Å². The van der Waals surface area contributed by atoms with Crippen molar-refractivity contribution in [3.8, 4) is 0 Å². The van der Waals surface area contributed by atoms with Gasteiger partial charge in [-0.05, 0) is 12.1 Å². The van der Waals surface area contributed by atoms with Crippen LogP contribution >= 0.6 is 0 Å². The number of anilines is 2. The summed E-state index contributed by atoms with van der Waals surface area (Å²) in [4.78, 5) is 24.2. The number of nitrogens with two attached hydrogens (primary N) is 1. The number of hydrogen-bond donors (Lipinski definition) is 3. The first kappa shape index (κ1) is 12.9. The number of rotatable bonds is 3. The van der Waals surface area contributed by atoms with Gasteiger partial charge in [0.15, 0.2) is 5.82 Å². The fraction of sp³-hybridized carbons (Fsp3) is 0. The predicted molar refractivity (Wildman–Crippen MR) is 79.5 cm³/mol. The number of carbonyl (C=O) groups is 1. The molecule has 0 radical (unpaired) electrons. The quantitative estimate of drug-likeness (QED) is 0.496. The molecule has 104 valence electrons. The molecule has 21 heavy (non-hydrogen) atoms. The first-order valence-corrected chi connectivity index (χ1v) is 6.20. The van der Waals surface area contributed by atoms with E-state index in [9.17, 15) is 4.79 Å². The average molecular weight is 280 g/mol. The normalized spacial score (nSPS) is 10.3. The van der Waals surface area contributed by atoms with Gasteiger partial charge in [0.05, 0.1) is 12.4 Å². The summed E-state index contributed by atoms with van der Waals surface area (Å²) in [6.45, 7) is 0. The Kier molecular flexibility index (Phi) is 3.40.